The van der Waals surface area contributed by atoms with E-state index in [0.29, 0.717) is 12.3 Å². The third-order valence-corrected chi connectivity index (χ3v) is 4.41. The molecular formula is C16H22N2O2S. The van der Waals surface area contributed by atoms with Gasteiger partial charge in [-0.15, -0.1) is 0 Å². The van der Waals surface area contributed by atoms with E-state index in [2.05, 4.69) is 40.9 Å². The molecular weight excluding hydrogens is 284 g/mol. The number of nitrogens with zero attached hydrogens (tertiary/aromatic N) is 1. The summed E-state index contributed by atoms with van der Waals surface area (Å²) in [5, 5.41) is 7.21. The Kier molecular flexibility index (Phi) is 5.59. The summed E-state index contributed by atoms with van der Waals surface area (Å²) in [5.41, 5.74) is 2.11. The highest BCUT2D eigenvalue weighted by molar-refractivity contribution is 7.07. The van der Waals surface area contributed by atoms with Gasteiger partial charge < -0.3 is 9.73 Å². The first-order valence-electron chi connectivity index (χ1n) is 7.25. The Morgan fingerprint density at radius 3 is 2.67 bits per heavy atom. The molecule has 0 aromatic carbocycles. The molecule has 0 radical (unpaired) electrons. The smallest absolute Gasteiger partial charge is 0.287 e. The van der Waals surface area contributed by atoms with Crippen LogP contribution in [0.5, 0.6) is 0 Å². The largest absolute Gasteiger partial charge is 0.459 e. The average molecular weight is 306 g/mol. The molecule has 0 saturated heterocycles. The summed E-state index contributed by atoms with van der Waals surface area (Å²) < 4.78 is 5.24. The standard InChI is InChI=1S/C16H22N2O2S/c1-4-18(5-2)14(13-7-9-21-11-13)10-17-16(19)15-12(3)6-8-20-15/h6-9,11,14H,4-5,10H2,1-3H3,(H,17,19)/t14-/m1/s1. The van der Waals surface area contributed by atoms with E-state index in [0.717, 1.165) is 18.7 Å². The number of likely N-dealkylation sites (N-methyl/N-ethyl adjacent to an activating group) is 1. The van der Waals surface area contributed by atoms with Gasteiger partial charge in [-0.3, -0.25) is 9.69 Å². The molecule has 2 heterocycles. The molecule has 0 aliphatic carbocycles. The Labute approximate surface area is 129 Å². The van der Waals surface area contributed by atoms with Gasteiger partial charge >= 0.3 is 0 Å². The second-order valence-corrected chi connectivity index (χ2v) is 5.72. The van der Waals surface area contributed by atoms with E-state index in [-0.39, 0.29) is 11.9 Å². The zero-order valence-electron chi connectivity index (χ0n) is 12.8. The fraction of sp³-hybridized carbons (Fsp3) is 0.438. The third-order valence-electron chi connectivity index (χ3n) is 3.71. The normalized spacial score (nSPS) is 12.6. The number of nitrogens with one attached hydrogen (secondary N) is 1. The van der Waals surface area contributed by atoms with Crippen LogP contribution >= 0.6 is 11.3 Å². The third kappa shape index (κ3) is 3.74. The molecule has 0 unspecified atom stereocenters. The van der Waals surface area contributed by atoms with Crippen molar-refractivity contribution in [1.82, 2.24) is 10.2 Å². The first-order valence-corrected chi connectivity index (χ1v) is 8.20. The van der Waals surface area contributed by atoms with Gasteiger partial charge in [0.2, 0.25) is 0 Å². The van der Waals surface area contributed by atoms with Gasteiger partial charge in [0.25, 0.3) is 5.91 Å². The number of rotatable bonds is 7. The molecule has 1 amide bonds. The molecule has 0 aliphatic rings. The maximum absolute atomic E-state index is 12.2. The number of furan rings is 1. The molecule has 0 aliphatic heterocycles. The first-order chi connectivity index (χ1) is 10.2. The van der Waals surface area contributed by atoms with Gasteiger partial charge in [0.1, 0.15) is 0 Å². The molecule has 2 aromatic heterocycles. The van der Waals surface area contributed by atoms with Crippen LogP contribution in [0.15, 0.2) is 33.6 Å². The number of hydrogen-bond acceptors (Lipinski definition) is 4. The molecule has 0 fully saturated rings. The van der Waals surface area contributed by atoms with Gasteiger partial charge in [0.15, 0.2) is 5.76 Å². The van der Waals surface area contributed by atoms with Crippen molar-refractivity contribution in [3.63, 3.8) is 0 Å². The lowest BCUT2D eigenvalue weighted by atomic mass is 10.1. The molecule has 2 aromatic rings. The van der Waals surface area contributed by atoms with Crippen molar-refractivity contribution in [1.29, 1.82) is 0 Å². The quantitative estimate of drug-likeness (QED) is 0.852. The Bertz CT molecular complexity index is 559. The molecule has 5 heteroatoms. The van der Waals surface area contributed by atoms with Gasteiger partial charge in [0, 0.05) is 12.1 Å². The van der Waals surface area contributed by atoms with Crippen LogP contribution in [-0.4, -0.2) is 30.4 Å². The summed E-state index contributed by atoms with van der Waals surface area (Å²) in [6.07, 6.45) is 1.55. The molecule has 2 rings (SSSR count). The predicted octanol–water partition coefficient (Wildman–Crippen LogP) is 3.46. The molecule has 21 heavy (non-hydrogen) atoms. The molecule has 4 nitrogen and oxygen atoms in total. The minimum atomic E-state index is -0.148. The summed E-state index contributed by atoms with van der Waals surface area (Å²) in [6, 6.07) is 4.12. The first kappa shape index (κ1) is 15.8. The second kappa shape index (κ2) is 7.43. The van der Waals surface area contributed by atoms with Gasteiger partial charge in [0.05, 0.1) is 12.3 Å². The van der Waals surface area contributed by atoms with Gasteiger partial charge in [-0.1, -0.05) is 13.8 Å². The van der Waals surface area contributed by atoms with Crippen molar-refractivity contribution in [3.05, 3.63) is 46.0 Å². The highest BCUT2D eigenvalue weighted by atomic mass is 32.1. The Hall–Kier alpha value is -1.59. The summed E-state index contributed by atoms with van der Waals surface area (Å²) in [5.74, 6) is 0.253. The molecule has 1 N–H and O–H groups in total. The van der Waals surface area contributed by atoms with E-state index >= 15 is 0 Å². The highest BCUT2D eigenvalue weighted by Gasteiger charge is 2.20. The molecule has 114 valence electrons. The number of hydrogen-bond donors (Lipinski definition) is 1. The van der Waals surface area contributed by atoms with Crippen LogP contribution < -0.4 is 5.32 Å². The van der Waals surface area contributed by atoms with Crippen LogP contribution in [0.1, 0.15) is 41.6 Å². The van der Waals surface area contributed by atoms with Crippen molar-refractivity contribution < 1.29 is 9.21 Å². The van der Waals surface area contributed by atoms with Crippen molar-refractivity contribution in [2.45, 2.75) is 26.8 Å². The SMILES string of the molecule is CCN(CC)[C@H](CNC(=O)c1occc1C)c1ccsc1. The van der Waals surface area contributed by atoms with Crippen LogP contribution in [0.4, 0.5) is 0 Å². The van der Waals surface area contributed by atoms with Crippen LogP contribution in [0.25, 0.3) is 0 Å². The Morgan fingerprint density at radius 1 is 1.38 bits per heavy atom. The van der Waals surface area contributed by atoms with E-state index in [1.807, 2.05) is 6.92 Å². The van der Waals surface area contributed by atoms with Gasteiger partial charge in [-0.2, -0.15) is 11.3 Å². The maximum atomic E-state index is 12.2. The lowest BCUT2D eigenvalue weighted by Gasteiger charge is -2.29. The van der Waals surface area contributed by atoms with E-state index in [9.17, 15) is 4.79 Å². The summed E-state index contributed by atoms with van der Waals surface area (Å²) in [7, 11) is 0. The topological polar surface area (TPSA) is 45.5 Å². The summed E-state index contributed by atoms with van der Waals surface area (Å²) in [4.78, 5) is 14.5. The molecule has 0 saturated carbocycles. The van der Waals surface area contributed by atoms with Crippen LogP contribution in [-0.2, 0) is 0 Å². The summed E-state index contributed by atoms with van der Waals surface area (Å²) in [6.45, 7) is 8.64. The van der Waals surface area contributed by atoms with Crippen LogP contribution in [0.3, 0.4) is 0 Å². The monoisotopic (exact) mass is 306 g/mol. The number of thiophene rings is 1. The van der Waals surface area contributed by atoms with Crippen LogP contribution in [0, 0.1) is 6.92 Å². The van der Waals surface area contributed by atoms with E-state index in [1.165, 1.54) is 5.56 Å². The van der Waals surface area contributed by atoms with Crippen molar-refractivity contribution >= 4 is 17.2 Å². The lowest BCUT2D eigenvalue weighted by molar-refractivity contribution is 0.0906. The molecule has 1 atom stereocenters. The number of amides is 1. The van der Waals surface area contributed by atoms with Crippen molar-refractivity contribution in [2.24, 2.45) is 0 Å². The van der Waals surface area contributed by atoms with Crippen molar-refractivity contribution in [2.75, 3.05) is 19.6 Å². The van der Waals surface area contributed by atoms with Gasteiger partial charge in [-0.25, -0.2) is 0 Å². The minimum absolute atomic E-state index is 0.148. The van der Waals surface area contributed by atoms with E-state index in [1.54, 1.807) is 23.7 Å². The maximum Gasteiger partial charge on any atom is 0.287 e. The Balaban J connectivity index is 2.06. The zero-order valence-corrected chi connectivity index (χ0v) is 13.6. The Morgan fingerprint density at radius 2 is 2.14 bits per heavy atom. The number of carbonyl (C=O) groups excluding carboxylic acids is 1. The molecule has 0 bridgehead atoms. The highest BCUT2D eigenvalue weighted by Crippen LogP contribution is 2.22. The average Bonchev–Trinajstić information content (AvgIpc) is 3.14. The molecule has 0 spiro atoms. The summed E-state index contributed by atoms with van der Waals surface area (Å²) >= 11 is 1.68. The zero-order chi connectivity index (χ0) is 15.2. The van der Waals surface area contributed by atoms with Gasteiger partial charge in [-0.05, 0) is 48.5 Å². The predicted molar refractivity (Wildman–Crippen MR) is 85.8 cm³/mol. The lowest BCUT2D eigenvalue weighted by Crippen LogP contribution is -2.38. The fourth-order valence-electron chi connectivity index (χ4n) is 2.46. The van der Waals surface area contributed by atoms with E-state index < -0.39 is 0 Å². The van der Waals surface area contributed by atoms with Crippen LogP contribution in [0.2, 0.25) is 0 Å². The second-order valence-electron chi connectivity index (χ2n) is 4.94. The minimum Gasteiger partial charge on any atom is -0.459 e. The number of carbonyl (C=O) groups is 1. The fourth-order valence-corrected chi connectivity index (χ4v) is 3.17. The van der Waals surface area contributed by atoms with E-state index in [4.69, 9.17) is 4.42 Å². The van der Waals surface area contributed by atoms with Crippen molar-refractivity contribution in [3.8, 4) is 0 Å². The number of aryl methyl sites for hydroxylation is 1.